The molecule has 0 aliphatic carbocycles. The number of hydrogen-bond acceptors (Lipinski definition) is 3. The number of likely N-dealkylation sites (N-methyl/N-ethyl adjacent to an activating group) is 1. The summed E-state index contributed by atoms with van der Waals surface area (Å²) < 4.78 is 5.22. The van der Waals surface area contributed by atoms with Crippen molar-refractivity contribution in [1.82, 2.24) is 10.3 Å². The number of pyridine rings is 1. The first-order valence-electron chi connectivity index (χ1n) is 6.51. The summed E-state index contributed by atoms with van der Waals surface area (Å²) in [6.07, 6.45) is 4.60. The molecule has 3 heteroatoms. The number of benzene rings is 1. The number of hydrogen-bond donors (Lipinski definition) is 1. The monoisotopic (exact) mass is 256 g/mol. The van der Waals surface area contributed by atoms with E-state index in [0.717, 1.165) is 18.7 Å². The minimum Gasteiger partial charge on any atom is -0.495 e. The molecular weight excluding hydrogens is 236 g/mol. The van der Waals surface area contributed by atoms with Crippen molar-refractivity contribution in [3.8, 4) is 5.75 Å². The first-order valence-corrected chi connectivity index (χ1v) is 6.51. The molecule has 2 rings (SSSR count). The lowest BCUT2D eigenvalue weighted by molar-refractivity contribution is 0.412. The van der Waals surface area contributed by atoms with Crippen LogP contribution in [0.3, 0.4) is 0 Å². The maximum atomic E-state index is 5.22. The Morgan fingerprint density at radius 1 is 1.21 bits per heavy atom. The highest BCUT2D eigenvalue weighted by Crippen LogP contribution is 2.21. The molecule has 0 fully saturated rings. The Bertz CT molecular complexity index is 499. The van der Waals surface area contributed by atoms with E-state index in [1.807, 2.05) is 19.3 Å². The van der Waals surface area contributed by atoms with Gasteiger partial charge in [0.05, 0.1) is 13.3 Å². The second-order valence-electron chi connectivity index (χ2n) is 4.60. The molecule has 0 aliphatic rings. The molecule has 1 aromatic carbocycles. The summed E-state index contributed by atoms with van der Waals surface area (Å²) in [5.74, 6) is 1.26. The molecule has 0 aliphatic heterocycles. The molecule has 0 bridgehead atoms. The van der Waals surface area contributed by atoms with E-state index in [-0.39, 0.29) is 0 Å². The van der Waals surface area contributed by atoms with Crippen LogP contribution in [0.1, 0.15) is 17.0 Å². The maximum Gasteiger partial charge on any atom is 0.137 e. The van der Waals surface area contributed by atoms with Gasteiger partial charge in [0, 0.05) is 18.7 Å². The highest BCUT2D eigenvalue weighted by molar-refractivity contribution is 5.27. The number of nitrogens with one attached hydrogen (secondary N) is 1. The summed E-state index contributed by atoms with van der Waals surface area (Å²) in [6, 6.07) is 12.6. The van der Waals surface area contributed by atoms with E-state index < -0.39 is 0 Å². The Hall–Kier alpha value is -1.87. The molecule has 19 heavy (non-hydrogen) atoms. The van der Waals surface area contributed by atoms with Crippen LogP contribution in [-0.2, 0) is 6.42 Å². The van der Waals surface area contributed by atoms with Gasteiger partial charge in [-0.3, -0.25) is 4.98 Å². The fraction of sp³-hybridized carbons (Fsp3) is 0.312. The van der Waals surface area contributed by atoms with Crippen molar-refractivity contribution < 1.29 is 4.74 Å². The Morgan fingerprint density at radius 3 is 2.68 bits per heavy atom. The van der Waals surface area contributed by atoms with Crippen LogP contribution in [0.25, 0.3) is 0 Å². The summed E-state index contributed by atoms with van der Waals surface area (Å²) in [5, 5.41) is 3.26. The van der Waals surface area contributed by atoms with E-state index in [2.05, 4.69) is 40.6 Å². The van der Waals surface area contributed by atoms with Gasteiger partial charge in [-0.2, -0.15) is 0 Å². The Balaban J connectivity index is 2.16. The smallest absolute Gasteiger partial charge is 0.137 e. The largest absolute Gasteiger partial charge is 0.495 e. The average molecular weight is 256 g/mol. The van der Waals surface area contributed by atoms with Crippen LogP contribution in [0.15, 0.2) is 48.8 Å². The highest BCUT2D eigenvalue weighted by Gasteiger charge is 2.12. The fourth-order valence-corrected chi connectivity index (χ4v) is 2.25. The second-order valence-corrected chi connectivity index (χ2v) is 4.60. The number of rotatable bonds is 6. The van der Waals surface area contributed by atoms with Gasteiger partial charge in [0.2, 0.25) is 0 Å². The zero-order valence-electron chi connectivity index (χ0n) is 11.5. The third kappa shape index (κ3) is 3.80. The van der Waals surface area contributed by atoms with E-state index in [9.17, 15) is 0 Å². The number of methoxy groups -OCH3 is 1. The third-order valence-electron chi connectivity index (χ3n) is 3.21. The SMILES string of the molecule is CNCC(Cc1cncc(OC)c1)c1ccccc1. The minimum absolute atomic E-state index is 0.445. The van der Waals surface area contributed by atoms with Crippen molar-refractivity contribution in [2.24, 2.45) is 0 Å². The first kappa shape index (κ1) is 13.6. The average Bonchev–Trinajstić information content (AvgIpc) is 2.48. The molecule has 1 unspecified atom stereocenters. The summed E-state index contributed by atoms with van der Waals surface area (Å²) in [7, 11) is 3.66. The zero-order chi connectivity index (χ0) is 13.5. The molecule has 100 valence electrons. The van der Waals surface area contributed by atoms with Crippen LogP contribution < -0.4 is 10.1 Å². The molecule has 1 atom stereocenters. The predicted octanol–water partition coefficient (Wildman–Crippen LogP) is 2.64. The molecule has 1 N–H and O–H groups in total. The van der Waals surface area contributed by atoms with Crippen LogP contribution >= 0.6 is 0 Å². The summed E-state index contributed by atoms with van der Waals surface area (Å²) in [4.78, 5) is 4.22. The van der Waals surface area contributed by atoms with Crippen LogP contribution in [-0.4, -0.2) is 25.7 Å². The van der Waals surface area contributed by atoms with E-state index in [1.165, 1.54) is 11.1 Å². The second kappa shape index (κ2) is 6.90. The summed E-state index contributed by atoms with van der Waals surface area (Å²) in [6.45, 7) is 0.946. The van der Waals surface area contributed by atoms with Crippen LogP contribution in [0.2, 0.25) is 0 Å². The van der Waals surface area contributed by atoms with Gasteiger partial charge in [-0.15, -0.1) is 0 Å². The molecule has 1 aromatic heterocycles. The van der Waals surface area contributed by atoms with Gasteiger partial charge in [0.25, 0.3) is 0 Å². The standard InChI is InChI=1S/C16H20N2O/c1-17-11-15(14-6-4-3-5-7-14)8-13-9-16(19-2)12-18-10-13/h3-7,9-10,12,15,17H,8,11H2,1-2H3. The number of ether oxygens (including phenoxy) is 1. The lowest BCUT2D eigenvalue weighted by Gasteiger charge is -2.17. The van der Waals surface area contributed by atoms with Crippen molar-refractivity contribution in [1.29, 1.82) is 0 Å². The number of nitrogens with zero attached hydrogens (tertiary/aromatic N) is 1. The fourth-order valence-electron chi connectivity index (χ4n) is 2.25. The number of aromatic nitrogens is 1. The molecule has 3 nitrogen and oxygen atoms in total. The molecule has 1 heterocycles. The quantitative estimate of drug-likeness (QED) is 0.862. The lowest BCUT2D eigenvalue weighted by Crippen LogP contribution is -2.19. The van der Waals surface area contributed by atoms with Crippen LogP contribution in [0.5, 0.6) is 5.75 Å². The maximum absolute atomic E-state index is 5.22. The van der Waals surface area contributed by atoms with Gasteiger partial charge < -0.3 is 10.1 Å². The van der Waals surface area contributed by atoms with Crippen LogP contribution in [0.4, 0.5) is 0 Å². The van der Waals surface area contributed by atoms with Crippen LogP contribution in [0, 0.1) is 0 Å². The van der Waals surface area contributed by atoms with E-state index in [1.54, 1.807) is 13.3 Å². The van der Waals surface area contributed by atoms with Gasteiger partial charge in [0.1, 0.15) is 5.75 Å². The highest BCUT2D eigenvalue weighted by atomic mass is 16.5. The molecule has 0 saturated carbocycles. The van der Waals surface area contributed by atoms with Crippen molar-refractivity contribution >= 4 is 0 Å². The Morgan fingerprint density at radius 2 is 2.00 bits per heavy atom. The van der Waals surface area contributed by atoms with Gasteiger partial charge in [-0.25, -0.2) is 0 Å². The topological polar surface area (TPSA) is 34.2 Å². The lowest BCUT2D eigenvalue weighted by atomic mass is 9.92. The van der Waals surface area contributed by atoms with Gasteiger partial charge in [-0.1, -0.05) is 30.3 Å². The van der Waals surface area contributed by atoms with Crippen molar-refractivity contribution in [2.45, 2.75) is 12.3 Å². The molecule has 0 radical (unpaired) electrons. The summed E-state index contributed by atoms with van der Waals surface area (Å²) in [5.41, 5.74) is 2.54. The van der Waals surface area contributed by atoms with E-state index in [4.69, 9.17) is 4.74 Å². The van der Waals surface area contributed by atoms with E-state index in [0.29, 0.717) is 5.92 Å². The van der Waals surface area contributed by atoms with Crippen molar-refractivity contribution in [2.75, 3.05) is 20.7 Å². The molecule has 2 aromatic rings. The first-order chi connectivity index (χ1) is 9.33. The van der Waals surface area contributed by atoms with Crippen molar-refractivity contribution in [3.05, 3.63) is 59.9 Å². The van der Waals surface area contributed by atoms with Gasteiger partial charge in [0.15, 0.2) is 0 Å². The van der Waals surface area contributed by atoms with Gasteiger partial charge in [-0.05, 0) is 30.7 Å². The molecular formula is C16H20N2O. The predicted molar refractivity (Wildman–Crippen MR) is 77.6 cm³/mol. The molecule has 0 amide bonds. The normalized spacial score (nSPS) is 12.1. The summed E-state index contributed by atoms with van der Waals surface area (Å²) >= 11 is 0. The van der Waals surface area contributed by atoms with Crippen molar-refractivity contribution in [3.63, 3.8) is 0 Å². The zero-order valence-corrected chi connectivity index (χ0v) is 11.5. The molecule has 0 spiro atoms. The Labute approximate surface area is 114 Å². The minimum atomic E-state index is 0.445. The Kier molecular flexibility index (Phi) is 4.93. The molecule has 0 saturated heterocycles. The van der Waals surface area contributed by atoms with E-state index >= 15 is 0 Å². The third-order valence-corrected chi connectivity index (χ3v) is 3.21. The van der Waals surface area contributed by atoms with Gasteiger partial charge >= 0.3 is 0 Å².